The van der Waals surface area contributed by atoms with Crippen LogP contribution in [0.3, 0.4) is 0 Å². The van der Waals surface area contributed by atoms with E-state index >= 15 is 0 Å². The molecule has 2 atom stereocenters. The Morgan fingerprint density at radius 3 is 2.00 bits per heavy atom. The van der Waals surface area contributed by atoms with E-state index in [1.165, 1.54) is 0 Å². The Labute approximate surface area is 132 Å². The van der Waals surface area contributed by atoms with Crippen molar-refractivity contribution in [2.45, 2.75) is 9.79 Å². The Morgan fingerprint density at radius 1 is 0.682 bits per heavy atom. The normalized spacial score (nSPS) is 21.6. The van der Waals surface area contributed by atoms with Crippen molar-refractivity contribution in [1.82, 2.24) is 0 Å². The van der Waals surface area contributed by atoms with Crippen molar-refractivity contribution in [2.75, 3.05) is 0 Å². The smallest absolute Gasteiger partial charge is 0.0789 e. The second-order valence-corrected chi connectivity index (χ2v) is 7.98. The van der Waals surface area contributed by atoms with Crippen LogP contribution in [0.15, 0.2) is 57.0 Å². The molecule has 5 rings (SSSR count). The second-order valence-electron chi connectivity index (χ2n) is 5.43. The first kappa shape index (κ1) is 12.5. The predicted molar refractivity (Wildman–Crippen MR) is 92.3 cm³/mol. The van der Waals surface area contributed by atoms with Gasteiger partial charge in [-0.2, -0.15) is 0 Å². The van der Waals surface area contributed by atoms with Gasteiger partial charge in [-0.25, -0.2) is 8.42 Å². The largest absolute Gasteiger partial charge is 0.250 e. The van der Waals surface area contributed by atoms with Gasteiger partial charge in [0.15, 0.2) is 0 Å². The summed E-state index contributed by atoms with van der Waals surface area (Å²) in [4.78, 5) is 1.61. The zero-order valence-corrected chi connectivity index (χ0v) is 13.0. The van der Waals surface area contributed by atoms with Crippen molar-refractivity contribution in [3.8, 4) is 0 Å². The van der Waals surface area contributed by atoms with Gasteiger partial charge in [0.05, 0.1) is 31.4 Å². The van der Waals surface area contributed by atoms with Crippen molar-refractivity contribution in [3.05, 3.63) is 58.3 Å². The van der Waals surface area contributed by atoms with Gasteiger partial charge in [0.25, 0.3) is 0 Å². The maximum Gasteiger partial charge on any atom is 0.0789 e. The lowest BCUT2D eigenvalue weighted by Crippen LogP contribution is -1.97. The molecule has 4 heteroatoms. The van der Waals surface area contributed by atoms with Crippen LogP contribution >= 0.6 is 0 Å². The first-order valence-electron chi connectivity index (χ1n) is 6.94. The third-order valence-electron chi connectivity index (χ3n) is 4.27. The minimum atomic E-state index is -1.17. The van der Waals surface area contributed by atoms with Gasteiger partial charge in [-0.15, -0.1) is 0 Å². The van der Waals surface area contributed by atoms with Gasteiger partial charge in [-0.05, 0) is 40.4 Å². The van der Waals surface area contributed by atoms with Crippen molar-refractivity contribution in [2.24, 2.45) is 0 Å². The minimum Gasteiger partial charge on any atom is -0.250 e. The van der Waals surface area contributed by atoms with Crippen LogP contribution in [-0.2, 0) is 21.6 Å². The monoisotopic (exact) mass is 322 g/mol. The zero-order chi connectivity index (χ0) is 14.8. The van der Waals surface area contributed by atoms with Crippen molar-refractivity contribution >= 4 is 55.3 Å². The van der Waals surface area contributed by atoms with Crippen molar-refractivity contribution in [1.29, 1.82) is 0 Å². The molecule has 0 radical (unpaired) electrons. The molecule has 3 aromatic carbocycles. The van der Waals surface area contributed by atoms with Gasteiger partial charge >= 0.3 is 0 Å². The van der Waals surface area contributed by atoms with E-state index in [2.05, 4.69) is 24.3 Å². The fraction of sp³-hybridized carbons (Fsp3) is 0. The molecule has 2 heterocycles. The summed E-state index contributed by atoms with van der Waals surface area (Å²) < 4.78 is 24.8. The molecule has 0 aromatic heterocycles. The maximum atomic E-state index is 12.4. The van der Waals surface area contributed by atoms with Gasteiger partial charge in [0.2, 0.25) is 0 Å². The van der Waals surface area contributed by atoms with Gasteiger partial charge in [-0.3, -0.25) is 0 Å². The van der Waals surface area contributed by atoms with E-state index in [9.17, 15) is 8.42 Å². The topological polar surface area (TPSA) is 34.1 Å². The highest BCUT2D eigenvalue weighted by molar-refractivity contribution is 7.89. The van der Waals surface area contributed by atoms with Gasteiger partial charge in [0.1, 0.15) is 0 Å². The minimum absolute atomic E-state index is 0.802. The van der Waals surface area contributed by atoms with E-state index in [1.54, 1.807) is 10.8 Å². The maximum absolute atomic E-state index is 12.4. The van der Waals surface area contributed by atoms with Crippen LogP contribution in [0.4, 0.5) is 0 Å². The fourth-order valence-corrected chi connectivity index (χ4v) is 5.72. The molecule has 3 aromatic rings. The lowest BCUT2D eigenvalue weighted by molar-refractivity contribution is 0.688. The molecule has 106 valence electrons. The number of hydrogen-bond acceptors (Lipinski definition) is 2. The van der Waals surface area contributed by atoms with Crippen LogP contribution < -0.4 is 0 Å². The third kappa shape index (κ3) is 1.49. The molecule has 0 amide bonds. The molecule has 2 unspecified atom stereocenters. The summed E-state index contributed by atoms with van der Waals surface area (Å²) in [6.07, 6.45) is 3.78. The van der Waals surface area contributed by atoms with Gasteiger partial charge < -0.3 is 0 Å². The summed E-state index contributed by atoms with van der Waals surface area (Å²) in [6, 6.07) is 12.4. The Balaban J connectivity index is 2.08. The highest BCUT2D eigenvalue weighted by atomic mass is 32.2. The summed E-state index contributed by atoms with van der Waals surface area (Å²) >= 11 is 0. The summed E-state index contributed by atoms with van der Waals surface area (Å²) in [5.41, 5.74) is 1.88. The van der Waals surface area contributed by atoms with E-state index in [0.717, 1.165) is 42.5 Å². The predicted octanol–water partition coefficient (Wildman–Crippen LogP) is 4.18. The summed E-state index contributed by atoms with van der Waals surface area (Å²) in [5, 5.41) is 7.71. The molecule has 0 fully saturated rings. The number of fused-ring (bicyclic) bond motifs is 7. The van der Waals surface area contributed by atoms with E-state index in [4.69, 9.17) is 0 Å². The molecule has 0 spiro atoms. The summed E-state index contributed by atoms with van der Waals surface area (Å²) in [6.45, 7) is 0. The molecule has 0 saturated carbocycles. The highest BCUT2D eigenvalue weighted by Crippen LogP contribution is 2.43. The van der Waals surface area contributed by atoms with Crippen LogP contribution in [-0.4, -0.2) is 8.42 Å². The van der Waals surface area contributed by atoms with E-state index in [0.29, 0.717) is 0 Å². The van der Waals surface area contributed by atoms with E-state index in [1.807, 2.05) is 24.3 Å². The van der Waals surface area contributed by atoms with Gasteiger partial charge in [0, 0.05) is 27.3 Å². The molecule has 2 aliphatic rings. The molecule has 0 N–H and O–H groups in total. The van der Waals surface area contributed by atoms with Crippen molar-refractivity contribution in [3.63, 3.8) is 0 Å². The molecular weight excluding hydrogens is 312 g/mol. The van der Waals surface area contributed by atoms with Crippen LogP contribution in [0.25, 0.3) is 33.7 Å². The summed E-state index contributed by atoms with van der Waals surface area (Å²) in [7, 11) is -2.32. The SMILES string of the molecule is O=S1C=Cc2c1c1c(c3cc4ccccc4cc23)S(=O)C=C1. The third-order valence-corrected chi connectivity index (χ3v) is 6.72. The van der Waals surface area contributed by atoms with Crippen LogP contribution in [0.1, 0.15) is 11.1 Å². The van der Waals surface area contributed by atoms with Crippen molar-refractivity contribution < 1.29 is 8.42 Å². The Morgan fingerprint density at radius 2 is 1.27 bits per heavy atom. The second kappa shape index (κ2) is 4.24. The number of benzene rings is 3. The van der Waals surface area contributed by atoms with Crippen LogP contribution in [0.2, 0.25) is 0 Å². The zero-order valence-electron chi connectivity index (χ0n) is 11.4. The first-order chi connectivity index (χ1) is 10.7. The molecule has 0 saturated heterocycles. The molecule has 22 heavy (non-hydrogen) atoms. The van der Waals surface area contributed by atoms with Gasteiger partial charge in [-0.1, -0.05) is 24.3 Å². The summed E-state index contributed by atoms with van der Waals surface area (Å²) in [5.74, 6) is 0. The average Bonchev–Trinajstić information content (AvgIpc) is 3.10. The Kier molecular flexibility index (Phi) is 2.41. The quantitative estimate of drug-likeness (QED) is 0.582. The average molecular weight is 322 g/mol. The number of rotatable bonds is 0. The Hall–Kier alpha value is -2.04. The Bertz CT molecular complexity index is 1110. The highest BCUT2D eigenvalue weighted by Gasteiger charge is 2.28. The first-order valence-corrected chi connectivity index (χ1v) is 9.37. The molecule has 2 aliphatic heterocycles. The standard InChI is InChI=1S/C18H10O2S2/c19-21-7-5-13-15-9-11-3-1-2-4-12(11)10-16(15)18-14(17(13)21)6-8-22(18)20/h1-10H. The number of hydrogen-bond donors (Lipinski definition) is 0. The lowest BCUT2D eigenvalue weighted by Gasteiger charge is -2.12. The molecule has 0 aliphatic carbocycles. The van der Waals surface area contributed by atoms with E-state index in [-0.39, 0.29) is 0 Å². The van der Waals surface area contributed by atoms with Crippen LogP contribution in [0.5, 0.6) is 0 Å². The molecular formula is C18H10O2S2. The van der Waals surface area contributed by atoms with Crippen LogP contribution in [0, 0.1) is 0 Å². The molecule has 2 nitrogen and oxygen atoms in total. The fourth-order valence-electron chi connectivity index (χ4n) is 3.31. The lowest BCUT2D eigenvalue weighted by atomic mass is 9.97. The van der Waals surface area contributed by atoms with E-state index < -0.39 is 21.6 Å². The molecule has 0 bridgehead atoms.